The Hall–Kier alpha value is -0.935. The number of hydrogen-bond donors (Lipinski definition) is 0. The number of rotatable bonds is 2. The van der Waals surface area contributed by atoms with Gasteiger partial charge in [-0.15, -0.1) is 0 Å². The summed E-state index contributed by atoms with van der Waals surface area (Å²) in [5, 5.41) is 0. The van der Waals surface area contributed by atoms with E-state index in [1.807, 2.05) is 27.7 Å². The van der Waals surface area contributed by atoms with Gasteiger partial charge in [-0.05, 0) is 33.2 Å². The second-order valence-electron chi connectivity index (χ2n) is 6.10. The van der Waals surface area contributed by atoms with Gasteiger partial charge >= 0.3 is 7.12 Å². The van der Waals surface area contributed by atoms with Crippen molar-refractivity contribution in [3.8, 4) is 0 Å². The van der Waals surface area contributed by atoms with Crippen molar-refractivity contribution in [3.63, 3.8) is 0 Å². The van der Waals surface area contributed by atoms with Crippen LogP contribution in [0.2, 0.25) is 0 Å². The van der Waals surface area contributed by atoms with Crippen LogP contribution < -0.4 is 5.46 Å². The standard InChI is InChI=1S/C14H19BF2O2/c1-12(2)13(3,4)19-15(18-12)11-8-6-10(7-9-11)14(5,16)17/h6-9H,1-5H3. The summed E-state index contributed by atoms with van der Waals surface area (Å²) in [7, 11) is -0.510. The minimum atomic E-state index is -2.82. The predicted molar refractivity (Wildman–Crippen MR) is 71.7 cm³/mol. The summed E-state index contributed by atoms with van der Waals surface area (Å²) in [6.45, 7) is 8.73. The van der Waals surface area contributed by atoms with Gasteiger partial charge in [-0.1, -0.05) is 24.3 Å². The van der Waals surface area contributed by atoms with E-state index in [9.17, 15) is 8.78 Å². The van der Waals surface area contributed by atoms with E-state index in [-0.39, 0.29) is 5.56 Å². The van der Waals surface area contributed by atoms with Crippen LogP contribution in [0.4, 0.5) is 8.78 Å². The quantitative estimate of drug-likeness (QED) is 0.767. The zero-order chi connectivity index (χ0) is 14.5. The summed E-state index contributed by atoms with van der Waals surface area (Å²) in [5.41, 5.74) is -0.102. The van der Waals surface area contributed by atoms with Gasteiger partial charge in [0.2, 0.25) is 0 Å². The molecular formula is C14H19BF2O2. The number of benzene rings is 1. The minimum Gasteiger partial charge on any atom is -0.399 e. The van der Waals surface area contributed by atoms with E-state index in [2.05, 4.69) is 0 Å². The van der Waals surface area contributed by atoms with Gasteiger partial charge in [0.05, 0.1) is 11.2 Å². The van der Waals surface area contributed by atoms with E-state index in [0.29, 0.717) is 0 Å². The first-order valence-corrected chi connectivity index (χ1v) is 6.37. The average molecular weight is 268 g/mol. The molecule has 5 heteroatoms. The Morgan fingerprint density at radius 2 is 1.37 bits per heavy atom. The van der Waals surface area contributed by atoms with E-state index in [1.54, 1.807) is 12.1 Å². The zero-order valence-electron chi connectivity index (χ0n) is 12.0. The average Bonchev–Trinajstić information content (AvgIpc) is 2.47. The van der Waals surface area contributed by atoms with Crippen LogP contribution in [0, 0.1) is 0 Å². The molecule has 19 heavy (non-hydrogen) atoms. The Bertz CT molecular complexity index is 447. The van der Waals surface area contributed by atoms with E-state index >= 15 is 0 Å². The van der Waals surface area contributed by atoms with Gasteiger partial charge in [0.25, 0.3) is 5.92 Å². The molecule has 104 valence electrons. The van der Waals surface area contributed by atoms with Crippen molar-refractivity contribution >= 4 is 12.6 Å². The summed E-state index contributed by atoms with van der Waals surface area (Å²) >= 11 is 0. The van der Waals surface area contributed by atoms with Crippen LogP contribution in [0.1, 0.15) is 40.2 Å². The van der Waals surface area contributed by atoms with E-state index in [4.69, 9.17) is 9.31 Å². The Balaban J connectivity index is 2.22. The lowest BCUT2D eigenvalue weighted by Crippen LogP contribution is -2.41. The second kappa shape index (κ2) is 4.28. The molecule has 2 rings (SSSR count). The first-order valence-electron chi connectivity index (χ1n) is 6.37. The summed E-state index contributed by atoms with van der Waals surface area (Å²) in [4.78, 5) is 0. The van der Waals surface area contributed by atoms with Crippen molar-refractivity contribution < 1.29 is 18.1 Å². The third-order valence-corrected chi connectivity index (χ3v) is 3.94. The van der Waals surface area contributed by atoms with Crippen molar-refractivity contribution in [1.29, 1.82) is 0 Å². The van der Waals surface area contributed by atoms with Crippen LogP contribution in [0.15, 0.2) is 24.3 Å². The van der Waals surface area contributed by atoms with Crippen molar-refractivity contribution in [2.75, 3.05) is 0 Å². The number of halogens is 2. The number of alkyl halides is 2. The van der Waals surface area contributed by atoms with Crippen LogP contribution in [0.3, 0.4) is 0 Å². The molecule has 1 fully saturated rings. The van der Waals surface area contributed by atoms with Crippen molar-refractivity contribution in [3.05, 3.63) is 29.8 Å². The van der Waals surface area contributed by atoms with E-state index in [0.717, 1.165) is 12.4 Å². The molecule has 0 saturated carbocycles. The lowest BCUT2D eigenvalue weighted by Gasteiger charge is -2.32. The molecule has 0 aliphatic carbocycles. The molecule has 2 nitrogen and oxygen atoms in total. The molecule has 1 heterocycles. The third kappa shape index (κ3) is 2.67. The van der Waals surface area contributed by atoms with Crippen LogP contribution in [0.5, 0.6) is 0 Å². The molecule has 0 atom stereocenters. The molecule has 0 aromatic heterocycles. The minimum absolute atomic E-state index is 0.00670. The summed E-state index contributed by atoms with van der Waals surface area (Å²) in [6.07, 6.45) is 0. The lowest BCUT2D eigenvalue weighted by atomic mass is 9.78. The molecule has 0 radical (unpaired) electrons. The summed E-state index contributed by atoms with van der Waals surface area (Å²) in [6, 6.07) is 6.10. The Kier molecular flexibility index (Phi) is 3.26. The number of hydrogen-bond acceptors (Lipinski definition) is 2. The largest absolute Gasteiger partial charge is 0.494 e. The monoisotopic (exact) mass is 268 g/mol. The van der Waals surface area contributed by atoms with Gasteiger partial charge in [-0.25, -0.2) is 8.78 Å². The topological polar surface area (TPSA) is 18.5 Å². The van der Waals surface area contributed by atoms with Crippen molar-refractivity contribution in [1.82, 2.24) is 0 Å². The Labute approximate surface area is 113 Å². The highest BCUT2D eigenvalue weighted by atomic mass is 19.3. The highest BCUT2D eigenvalue weighted by Crippen LogP contribution is 2.36. The Morgan fingerprint density at radius 3 is 1.74 bits per heavy atom. The van der Waals surface area contributed by atoms with Gasteiger partial charge in [0.15, 0.2) is 0 Å². The van der Waals surface area contributed by atoms with Crippen LogP contribution in [-0.2, 0) is 15.2 Å². The summed E-state index contributed by atoms with van der Waals surface area (Å²) in [5.74, 6) is -2.82. The van der Waals surface area contributed by atoms with E-state index < -0.39 is 24.2 Å². The van der Waals surface area contributed by atoms with Gasteiger partial charge in [0.1, 0.15) is 0 Å². The van der Waals surface area contributed by atoms with E-state index in [1.165, 1.54) is 12.1 Å². The van der Waals surface area contributed by atoms with Gasteiger partial charge < -0.3 is 9.31 Å². The molecule has 0 amide bonds. The van der Waals surface area contributed by atoms with Gasteiger partial charge in [-0.2, -0.15) is 0 Å². The maximum Gasteiger partial charge on any atom is 0.494 e. The van der Waals surface area contributed by atoms with Crippen LogP contribution in [0.25, 0.3) is 0 Å². The highest BCUT2D eigenvalue weighted by Gasteiger charge is 2.51. The molecule has 0 N–H and O–H groups in total. The second-order valence-corrected chi connectivity index (χ2v) is 6.10. The molecular weight excluding hydrogens is 249 g/mol. The maximum atomic E-state index is 13.1. The van der Waals surface area contributed by atoms with Gasteiger partial charge in [-0.3, -0.25) is 0 Å². The SMILES string of the molecule is CC(F)(F)c1ccc(B2OC(C)(C)C(C)(C)O2)cc1. The highest BCUT2D eigenvalue weighted by molar-refractivity contribution is 6.62. The molecule has 0 unspecified atom stereocenters. The molecule has 1 aromatic rings. The molecule has 1 aromatic carbocycles. The Morgan fingerprint density at radius 1 is 0.947 bits per heavy atom. The van der Waals surface area contributed by atoms with Gasteiger partial charge in [0, 0.05) is 12.5 Å². The predicted octanol–water partition coefficient (Wildman–Crippen LogP) is 3.10. The summed E-state index contributed by atoms with van der Waals surface area (Å²) < 4.78 is 38.0. The van der Waals surface area contributed by atoms with Crippen molar-refractivity contribution in [2.24, 2.45) is 0 Å². The zero-order valence-corrected chi connectivity index (χ0v) is 12.0. The van der Waals surface area contributed by atoms with Crippen molar-refractivity contribution in [2.45, 2.75) is 51.7 Å². The van der Waals surface area contributed by atoms with Crippen LogP contribution >= 0.6 is 0 Å². The fraction of sp³-hybridized carbons (Fsp3) is 0.571. The molecule has 0 spiro atoms. The fourth-order valence-electron chi connectivity index (χ4n) is 1.91. The molecule has 0 bridgehead atoms. The normalized spacial score (nSPS) is 21.7. The van der Waals surface area contributed by atoms with Crippen LogP contribution in [-0.4, -0.2) is 18.3 Å². The maximum absolute atomic E-state index is 13.1. The third-order valence-electron chi connectivity index (χ3n) is 3.94. The first kappa shape index (κ1) is 14.5. The molecule has 1 aliphatic rings. The first-order chi connectivity index (χ1) is 8.53. The lowest BCUT2D eigenvalue weighted by molar-refractivity contribution is 0.00578. The molecule has 1 saturated heterocycles. The molecule has 1 aliphatic heterocycles. The smallest absolute Gasteiger partial charge is 0.399 e. The fourth-order valence-corrected chi connectivity index (χ4v) is 1.91.